The Kier molecular flexibility index (Phi) is 7.94. The summed E-state index contributed by atoms with van der Waals surface area (Å²) >= 11 is 0. The number of para-hydroxylation sites is 2. The predicted molar refractivity (Wildman–Crippen MR) is 153 cm³/mol. The van der Waals surface area contributed by atoms with Gasteiger partial charge in [0.05, 0.1) is 11.4 Å². The Bertz CT molecular complexity index is 1080. The van der Waals surface area contributed by atoms with Gasteiger partial charge in [-0.15, -0.1) is 0 Å². The number of piperidine rings is 2. The number of oxime groups is 1. The average Bonchev–Trinajstić information content (AvgIpc) is 3.10. The first-order valence-electron chi connectivity index (χ1n) is 15.2. The number of carboxylic acids is 1. The van der Waals surface area contributed by atoms with Crippen LogP contribution in [0.25, 0.3) is 0 Å². The lowest BCUT2D eigenvalue weighted by Gasteiger charge is -2.57. The standard InChI is InChI=1S/C31H44N4O4/c1-20(33-39-19-29(36)37)30-31(38-2)35(28-13-6-5-12-27(28)32-30)26-17-23-10-7-11-24(18-26)34(23)25-15-21-8-3-4-9-22(14-21)16-25/h5-6,12-13,21-26,31H,3-4,7-11,14-19H2,1-2H3,(H,36,37)/b33-20+/t21-,22+,23-,24+,25?,26?,31?. The van der Waals surface area contributed by atoms with Gasteiger partial charge in [-0.05, 0) is 75.8 Å². The topological polar surface area (TPSA) is 87.0 Å². The predicted octanol–water partition coefficient (Wildman–Crippen LogP) is 5.77. The molecule has 1 aromatic carbocycles. The van der Waals surface area contributed by atoms with Crippen LogP contribution in [0, 0.1) is 11.8 Å². The third-order valence-electron chi connectivity index (χ3n) is 10.0. The third kappa shape index (κ3) is 5.47. The first-order valence-corrected chi connectivity index (χ1v) is 15.2. The molecule has 7 atom stereocenters. The van der Waals surface area contributed by atoms with E-state index < -0.39 is 18.8 Å². The van der Waals surface area contributed by atoms with E-state index in [1.165, 1.54) is 64.2 Å². The Hall–Kier alpha value is -2.45. The minimum Gasteiger partial charge on any atom is -0.479 e. The zero-order valence-electron chi connectivity index (χ0n) is 23.5. The van der Waals surface area contributed by atoms with Gasteiger partial charge in [-0.25, -0.2) is 9.79 Å². The highest BCUT2D eigenvalue weighted by Crippen LogP contribution is 2.47. The maximum Gasteiger partial charge on any atom is 0.344 e. The summed E-state index contributed by atoms with van der Waals surface area (Å²) in [6.45, 7) is 1.34. The van der Waals surface area contributed by atoms with Crippen LogP contribution in [0.15, 0.2) is 34.4 Å². The number of hydrogen-bond acceptors (Lipinski definition) is 7. The summed E-state index contributed by atoms with van der Waals surface area (Å²) in [5, 5.41) is 13.1. The maximum atomic E-state index is 10.9. The number of fused-ring (bicyclic) bond motifs is 5. The van der Waals surface area contributed by atoms with Gasteiger partial charge in [0, 0.05) is 31.3 Å². The van der Waals surface area contributed by atoms with Crippen LogP contribution in [0.1, 0.15) is 84.0 Å². The summed E-state index contributed by atoms with van der Waals surface area (Å²) in [6, 6.07) is 10.6. The number of ether oxygens (including phenoxy) is 1. The second-order valence-corrected chi connectivity index (χ2v) is 12.5. The van der Waals surface area contributed by atoms with Crippen LogP contribution in [0.5, 0.6) is 0 Å². The van der Waals surface area contributed by atoms with Gasteiger partial charge in [0.25, 0.3) is 0 Å². The number of carboxylic acid groups (broad SMARTS) is 1. The van der Waals surface area contributed by atoms with Crippen molar-refractivity contribution in [1.82, 2.24) is 4.90 Å². The smallest absolute Gasteiger partial charge is 0.344 e. The van der Waals surface area contributed by atoms with Crippen LogP contribution < -0.4 is 4.90 Å². The Morgan fingerprint density at radius 3 is 2.31 bits per heavy atom. The van der Waals surface area contributed by atoms with Gasteiger partial charge in [-0.3, -0.25) is 4.90 Å². The van der Waals surface area contributed by atoms with Gasteiger partial charge in [0.2, 0.25) is 6.61 Å². The molecule has 2 aliphatic carbocycles. The first-order chi connectivity index (χ1) is 19.0. The lowest BCUT2D eigenvalue weighted by molar-refractivity contribution is -0.142. The molecule has 8 heteroatoms. The van der Waals surface area contributed by atoms with E-state index in [1.807, 2.05) is 19.1 Å². The highest BCUT2D eigenvalue weighted by atomic mass is 16.6. The number of anilines is 1. The molecule has 5 aliphatic rings. The number of nitrogens with zero attached hydrogens (tertiary/aromatic N) is 4. The van der Waals surface area contributed by atoms with Crippen LogP contribution in [-0.4, -0.2) is 71.5 Å². The van der Waals surface area contributed by atoms with E-state index in [2.05, 4.69) is 27.1 Å². The van der Waals surface area contributed by atoms with Crippen LogP contribution >= 0.6 is 0 Å². The highest BCUT2D eigenvalue weighted by Gasteiger charge is 2.47. The van der Waals surface area contributed by atoms with E-state index in [4.69, 9.17) is 19.7 Å². The largest absolute Gasteiger partial charge is 0.479 e. The molecule has 1 N–H and O–H groups in total. The Labute approximate surface area is 232 Å². The zero-order chi connectivity index (χ0) is 26.9. The molecular formula is C31H44N4O4. The molecule has 0 spiro atoms. The zero-order valence-corrected chi connectivity index (χ0v) is 23.5. The molecule has 2 saturated heterocycles. The van der Waals surface area contributed by atoms with Gasteiger partial charge in [0.1, 0.15) is 11.4 Å². The minimum atomic E-state index is -1.05. The molecule has 0 radical (unpaired) electrons. The van der Waals surface area contributed by atoms with Crippen LogP contribution in [0.3, 0.4) is 0 Å². The summed E-state index contributed by atoms with van der Waals surface area (Å²) in [7, 11) is 1.73. The van der Waals surface area contributed by atoms with E-state index in [1.54, 1.807) is 7.11 Å². The summed E-state index contributed by atoms with van der Waals surface area (Å²) in [6.07, 6.45) is 15.8. The number of rotatable bonds is 7. The molecule has 3 unspecified atom stereocenters. The van der Waals surface area contributed by atoms with Gasteiger partial charge in [0.15, 0.2) is 6.23 Å². The number of carbonyl (C=O) groups is 1. The van der Waals surface area contributed by atoms with Crippen LogP contribution in [0.2, 0.25) is 0 Å². The van der Waals surface area contributed by atoms with E-state index in [9.17, 15) is 4.79 Å². The summed E-state index contributed by atoms with van der Waals surface area (Å²) < 4.78 is 6.13. The SMILES string of the molecule is COC1C(/C(C)=N/OCC(=O)O)=Nc2ccccc2N1C1C[C@H]2CCC[C@@H](C1)N2C1C[C@H]2CCCC[C@@H](C1)C2. The molecule has 8 nitrogen and oxygen atoms in total. The molecule has 0 aromatic heterocycles. The number of hydrogen-bond donors (Lipinski definition) is 1. The van der Waals surface area contributed by atoms with Crippen molar-refractivity contribution in [2.45, 2.75) is 114 Å². The fourth-order valence-electron chi connectivity index (χ4n) is 8.65. The van der Waals surface area contributed by atoms with Crippen molar-refractivity contribution in [3.05, 3.63) is 24.3 Å². The second-order valence-electron chi connectivity index (χ2n) is 12.5. The molecule has 39 heavy (non-hydrogen) atoms. The van der Waals surface area contributed by atoms with Gasteiger partial charge in [-0.2, -0.15) is 0 Å². The minimum absolute atomic E-state index is 0.340. The van der Waals surface area contributed by atoms with E-state index in [0.717, 1.165) is 42.1 Å². The maximum absolute atomic E-state index is 10.9. The molecule has 0 amide bonds. The molecular weight excluding hydrogens is 492 g/mol. The number of benzene rings is 1. The molecule has 4 bridgehead atoms. The summed E-state index contributed by atoms with van der Waals surface area (Å²) in [5.74, 6) is 0.819. The van der Waals surface area contributed by atoms with Crippen molar-refractivity contribution in [2.75, 3.05) is 18.6 Å². The number of aliphatic carboxylic acids is 1. The van der Waals surface area contributed by atoms with Crippen molar-refractivity contribution < 1.29 is 19.5 Å². The van der Waals surface area contributed by atoms with E-state index in [0.29, 0.717) is 29.5 Å². The lowest BCUT2D eigenvalue weighted by atomic mass is 9.73. The average molecular weight is 537 g/mol. The van der Waals surface area contributed by atoms with Gasteiger partial charge >= 0.3 is 5.97 Å². The molecule has 212 valence electrons. The third-order valence-corrected chi connectivity index (χ3v) is 10.0. The first kappa shape index (κ1) is 26.8. The summed E-state index contributed by atoms with van der Waals surface area (Å²) in [4.78, 5) is 26.4. The van der Waals surface area contributed by atoms with Crippen LogP contribution in [0.4, 0.5) is 11.4 Å². The molecule has 4 fully saturated rings. The Morgan fingerprint density at radius 2 is 1.64 bits per heavy atom. The fourth-order valence-corrected chi connectivity index (χ4v) is 8.65. The Balaban J connectivity index is 1.26. The van der Waals surface area contributed by atoms with Crippen molar-refractivity contribution in [3.8, 4) is 0 Å². The normalized spacial score (nSPS) is 35.0. The number of aliphatic imine (C=N–C) groups is 1. The second kappa shape index (κ2) is 11.6. The molecule has 6 rings (SSSR count). The molecule has 1 aromatic rings. The highest BCUT2D eigenvalue weighted by molar-refractivity contribution is 6.44. The van der Waals surface area contributed by atoms with Crippen molar-refractivity contribution in [3.63, 3.8) is 0 Å². The van der Waals surface area contributed by atoms with Gasteiger partial charge in [-0.1, -0.05) is 49.4 Å². The lowest BCUT2D eigenvalue weighted by Crippen LogP contribution is -2.63. The Morgan fingerprint density at radius 1 is 0.949 bits per heavy atom. The van der Waals surface area contributed by atoms with Crippen molar-refractivity contribution >= 4 is 28.8 Å². The molecule has 2 saturated carbocycles. The molecule has 3 aliphatic heterocycles. The van der Waals surface area contributed by atoms with E-state index in [-0.39, 0.29) is 0 Å². The van der Waals surface area contributed by atoms with E-state index >= 15 is 0 Å². The number of methoxy groups -OCH3 is 1. The fraction of sp³-hybridized carbons (Fsp3) is 0.710. The molecule has 3 heterocycles. The van der Waals surface area contributed by atoms with Crippen molar-refractivity contribution in [2.24, 2.45) is 22.0 Å². The quantitative estimate of drug-likeness (QED) is 0.352. The van der Waals surface area contributed by atoms with Crippen molar-refractivity contribution in [1.29, 1.82) is 0 Å². The van der Waals surface area contributed by atoms with Crippen LogP contribution in [-0.2, 0) is 14.4 Å². The summed E-state index contributed by atoms with van der Waals surface area (Å²) in [5.41, 5.74) is 3.24. The monoisotopic (exact) mass is 536 g/mol. The van der Waals surface area contributed by atoms with Gasteiger partial charge < -0.3 is 19.6 Å².